The summed E-state index contributed by atoms with van der Waals surface area (Å²) in [6.45, 7) is 5.54. The predicted octanol–water partition coefficient (Wildman–Crippen LogP) is 0.401. The topological polar surface area (TPSA) is 89.4 Å². The first kappa shape index (κ1) is 13.0. The van der Waals surface area contributed by atoms with Crippen LogP contribution in [-0.4, -0.2) is 42.6 Å². The Labute approximate surface area is 109 Å². The number of carbonyl (C=O) groups excluding carboxylic acids is 1. The van der Waals surface area contributed by atoms with E-state index in [1.54, 1.807) is 11.7 Å². The highest BCUT2D eigenvalue weighted by Crippen LogP contribution is 2.32. The Kier molecular flexibility index (Phi) is 3.16. The summed E-state index contributed by atoms with van der Waals surface area (Å²) in [7, 11) is 1.63. The fourth-order valence-electron chi connectivity index (χ4n) is 1.65. The number of nitrogens with zero attached hydrogens (tertiary/aromatic N) is 5. The van der Waals surface area contributed by atoms with Crippen molar-refractivity contribution in [2.45, 2.75) is 31.6 Å². The van der Waals surface area contributed by atoms with Crippen LogP contribution >= 0.6 is 11.8 Å². The van der Waals surface area contributed by atoms with E-state index in [1.165, 1.54) is 23.1 Å². The average Bonchev–Trinajstić information content (AvgIpc) is 2.73. The van der Waals surface area contributed by atoms with Crippen LogP contribution in [-0.2, 0) is 4.79 Å². The molecule has 1 unspecified atom stereocenters. The standard InChI is InChI=1S/C10H16N6OS/c1-6(11)7-12-5-13-16(7)9-14-15(4)8(17)10(2,3)18-9/h5-6H,11H2,1-4H3. The van der Waals surface area contributed by atoms with E-state index in [4.69, 9.17) is 5.73 Å². The Hall–Kier alpha value is -1.41. The number of aromatic nitrogens is 3. The van der Waals surface area contributed by atoms with E-state index in [0.717, 1.165) is 0 Å². The van der Waals surface area contributed by atoms with Crippen LogP contribution in [0.2, 0.25) is 0 Å². The third kappa shape index (κ3) is 2.13. The first-order valence-corrected chi connectivity index (χ1v) is 6.36. The van der Waals surface area contributed by atoms with Gasteiger partial charge in [0.1, 0.15) is 6.33 Å². The smallest absolute Gasteiger partial charge is 0.258 e. The second kappa shape index (κ2) is 4.36. The van der Waals surface area contributed by atoms with Gasteiger partial charge in [0.2, 0.25) is 5.17 Å². The maximum atomic E-state index is 11.9. The number of hydrazone groups is 1. The number of nitrogens with two attached hydrogens (primary N) is 1. The quantitative estimate of drug-likeness (QED) is 0.796. The summed E-state index contributed by atoms with van der Waals surface area (Å²) in [5.74, 6) is 0.582. The summed E-state index contributed by atoms with van der Waals surface area (Å²) in [4.78, 5) is 16.0. The number of thioether (sulfide) groups is 1. The Balaban J connectivity index is 2.43. The maximum absolute atomic E-state index is 11.9. The van der Waals surface area contributed by atoms with Crippen molar-refractivity contribution in [1.82, 2.24) is 19.8 Å². The van der Waals surface area contributed by atoms with Gasteiger partial charge in [-0.2, -0.15) is 9.78 Å². The monoisotopic (exact) mass is 268 g/mol. The van der Waals surface area contributed by atoms with Gasteiger partial charge in [-0.15, -0.1) is 5.10 Å². The van der Waals surface area contributed by atoms with Crippen molar-refractivity contribution in [3.05, 3.63) is 12.2 Å². The van der Waals surface area contributed by atoms with Crippen molar-refractivity contribution >= 4 is 22.8 Å². The van der Waals surface area contributed by atoms with Crippen LogP contribution in [0, 0.1) is 0 Å². The Morgan fingerprint density at radius 2 is 2.17 bits per heavy atom. The summed E-state index contributed by atoms with van der Waals surface area (Å²) in [5, 5.41) is 10.3. The first-order chi connectivity index (χ1) is 8.33. The Morgan fingerprint density at radius 3 is 2.72 bits per heavy atom. The molecule has 0 saturated carbocycles. The molecule has 0 spiro atoms. The van der Waals surface area contributed by atoms with Crippen LogP contribution in [0.5, 0.6) is 0 Å². The second-order valence-electron chi connectivity index (χ2n) is 4.64. The van der Waals surface area contributed by atoms with Gasteiger partial charge in [-0.1, -0.05) is 11.8 Å². The van der Waals surface area contributed by atoms with Crippen molar-refractivity contribution < 1.29 is 4.79 Å². The van der Waals surface area contributed by atoms with Gasteiger partial charge in [0, 0.05) is 7.05 Å². The minimum Gasteiger partial charge on any atom is -0.322 e. The lowest BCUT2D eigenvalue weighted by Gasteiger charge is -2.31. The number of rotatable bonds is 1. The Morgan fingerprint density at radius 1 is 1.50 bits per heavy atom. The van der Waals surface area contributed by atoms with Gasteiger partial charge in [0.25, 0.3) is 5.91 Å². The molecule has 2 rings (SSSR count). The van der Waals surface area contributed by atoms with Crippen LogP contribution < -0.4 is 5.73 Å². The molecule has 1 aliphatic heterocycles. The van der Waals surface area contributed by atoms with Gasteiger partial charge < -0.3 is 5.73 Å². The van der Waals surface area contributed by atoms with Crippen LogP contribution in [0.25, 0.3) is 0 Å². The molecule has 7 nitrogen and oxygen atoms in total. The average molecular weight is 268 g/mol. The number of carbonyl (C=O) groups is 1. The number of amides is 1. The molecule has 0 aliphatic carbocycles. The van der Waals surface area contributed by atoms with Crippen molar-refractivity contribution in [2.24, 2.45) is 10.8 Å². The molecule has 0 radical (unpaired) electrons. The summed E-state index contributed by atoms with van der Waals surface area (Å²) in [6, 6.07) is -0.248. The highest BCUT2D eigenvalue weighted by molar-refractivity contribution is 8.15. The molecule has 2 N–H and O–H groups in total. The molecular formula is C10H16N6OS. The Bertz CT molecular complexity index is 506. The summed E-state index contributed by atoms with van der Waals surface area (Å²) in [6.07, 6.45) is 1.44. The summed E-state index contributed by atoms with van der Waals surface area (Å²) >= 11 is 1.35. The van der Waals surface area contributed by atoms with Gasteiger partial charge in [-0.05, 0) is 20.8 Å². The molecular weight excluding hydrogens is 252 g/mol. The van der Waals surface area contributed by atoms with Crippen molar-refractivity contribution in [1.29, 1.82) is 0 Å². The zero-order valence-corrected chi connectivity index (χ0v) is 11.6. The largest absolute Gasteiger partial charge is 0.322 e. The van der Waals surface area contributed by atoms with E-state index in [2.05, 4.69) is 15.2 Å². The molecule has 8 heteroatoms. The van der Waals surface area contributed by atoms with Gasteiger partial charge in [0.05, 0.1) is 10.8 Å². The third-order valence-corrected chi connectivity index (χ3v) is 3.68. The van der Waals surface area contributed by atoms with E-state index in [-0.39, 0.29) is 11.9 Å². The van der Waals surface area contributed by atoms with E-state index >= 15 is 0 Å². The summed E-state index contributed by atoms with van der Waals surface area (Å²) in [5.41, 5.74) is 5.83. The molecule has 1 aromatic heterocycles. The predicted molar refractivity (Wildman–Crippen MR) is 69.9 cm³/mol. The first-order valence-electron chi connectivity index (χ1n) is 5.54. The van der Waals surface area contributed by atoms with Crippen LogP contribution in [0.4, 0.5) is 0 Å². The van der Waals surface area contributed by atoms with Gasteiger partial charge >= 0.3 is 0 Å². The minimum atomic E-state index is -0.576. The van der Waals surface area contributed by atoms with E-state index < -0.39 is 4.75 Å². The molecule has 0 saturated heterocycles. The third-order valence-electron chi connectivity index (χ3n) is 2.55. The SMILES string of the molecule is CC(N)c1ncnn1C1=NN(C)C(=O)C(C)(C)S1. The van der Waals surface area contributed by atoms with Crippen molar-refractivity contribution in [3.63, 3.8) is 0 Å². The molecule has 1 aromatic rings. The van der Waals surface area contributed by atoms with Gasteiger partial charge in [-0.25, -0.2) is 9.99 Å². The van der Waals surface area contributed by atoms with E-state index in [9.17, 15) is 4.79 Å². The molecule has 1 amide bonds. The molecule has 0 fully saturated rings. The van der Waals surface area contributed by atoms with E-state index in [0.29, 0.717) is 11.0 Å². The molecule has 0 aromatic carbocycles. The van der Waals surface area contributed by atoms with Gasteiger partial charge in [0.15, 0.2) is 5.82 Å². The molecule has 0 bridgehead atoms. The van der Waals surface area contributed by atoms with Crippen LogP contribution in [0.1, 0.15) is 32.6 Å². The van der Waals surface area contributed by atoms with Crippen LogP contribution in [0.3, 0.4) is 0 Å². The normalized spacial score (nSPS) is 20.8. The summed E-state index contributed by atoms with van der Waals surface area (Å²) < 4.78 is 1.01. The fourth-order valence-corrected chi connectivity index (χ4v) is 2.72. The van der Waals surface area contributed by atoms with Crippen LogP contribution in [0.15, 0.2) is 11.4 Å². The zero-order chi connectivity index (χ0) is 13.5. The zero-order valence-electron chi connectivity index (χ0n) is 10.8. The molecule has 98 valence electrons. The van der Waals surface area contributed by atoms with Gasteiger partial charge in [-0.3, -0.25) is 4.79 Å². The lowest BCUT2D eigenvalue weighted by Crippen LogP contribution is -2.44. The van der Waals surface area contributed by atoms with Crippen molar-refractivity contribution in [3.8, 4) is 0 Å². The van der Waals surface area contributed by atoms with Crippen molar-refractivity contribution in [2.75, 3.05) is 7.05 Å². The molecule has 2 heterocycles. The molecule has 1 aliphatic rings. The number of hydrogen-bond donors (Lipinski definition) is 1. The molecule has 1 atom stereocenters. The highest BCUT2D eigenvalue weighted by Gasteiger charge is 2.38. The second-order valence-corrected chi connectivity index (χ2v) is 6.23. The highest BCUT2D eigenvalue weighted by atomic mass is 32.2. The lowest BCUT2D eigenvalue weighted by molar-refractivity contribution is -0.131. The maximum Gasteiger partial charge on any atom is 0.258 e. The fraction of sp³-hybridized carbons (Fsp3) is 0.600. The number of hydrogen-bond acceptors (Lipinski definition) is 6. The minimum absolute atomic E-state index is 0.0429. The lowest BCUT2D eigenvalue weighted by atomic mass is 10.2. The van der Waals surface area contributed by atoms with E-state index in [1.807, 2.05) is 20.8 Å². The molecule has 18 heavy (non-hydrogen) atoms.